The molecule has 0 spiro atoms. The van der Waals surface area contributed by atoms with Crippen LogP contribution in [0.15, 0.2) is 48.8 Å². The molecule has 0 saturated heterocycles. The van der Waals surface area contributed by atoms with Crippen molar-refractivity contribution < 1.29 is 4.74 Å². The number of benzene rings is 1. The van der Waals surface area contributed by atoms with Crippen molar-refractivity contribution in [1.29, 1.82) is 0 Å². The minimum atomic E-state index is 0.769. The van der Waals surface area contributed by atoms with Crippen LogP contribution in [0.3, 0.4) is 0 Å². The Labute approximate surface area is 203 Å². The molecule has 0 bridgehead atoms. The molecule has 0 saturated carbocycles. The zero-order valence-electron chi connectivity index (χ0n) is 21.4. The number of rotatable bonds is 18. The number of ether oxygens (including phenoxy) is 1. The van der Waals surface area contributed by atoms with Crippen LogP contribution in [0.4, 0.5) is 0 Å². The summed E-state index contributed by atoms with van der Waals surface area (Å²) in [6, 6.07) is 8.16. The molecule has 1 heterocycles. The average Bonchev–Trinajstić information content (AvgIpc) is 2.85. The van der Waals surface area contributed by atoms with Crippen LogP contribution >= 0.6 is 0 Å². The van der Waals surface area contributed by atoms with Crippen LogP contribution in [0.1, 0.15) is 103 Å². The predicted molar refractivity (Wildman–Crippen MR) is 142 cm³/mol. The predicted octanol–water partition coefficient (Wildman–Crippen LogP) is 8.98. The van der Waals surface area contributed by atoms with Gasteiger partial charge < -0.3 is 4.74 Å². The minimum Gasteiger partial charge on any atom is -0.494 e. The Bertz CT molecular complexity index is 752. The van der Waals surface area contributed by atoms with Gasteiger partial charge in [-0.05, 0) is 80.7 Å². The molecule has 3 nitrogen and oxygen atoms in total. The number of aryl methyl sites for hydroxylation is 1. The van der Waals surface area contributed by atoms with Crippen LogP contribution in [0.25, 0.3) is 11.4 Å². The van der Waals surface area contributed by atoms with Crippen LogP contribution in [0.2, 0.25) is 0 Å². The van der Waals surface area contributed by atoms with Crippen LogP contribution in [0.5, 0.6) is 5.75 Å². The second kappa shape index (κ2) is 17.3. The van der Waals surface area contributed by atoms with E-state index < -0.39 is 0 Å². The van der Waals surface area contributed by atoms with E-state index in [0.717, 1.165) is 48.9 Å². The second-order valence-electron chi connectivity index (χ2n) is 9.36. The van der Waals surface area contributed by atoms with Crippen molar-refractivity contribution in [3.8, 4) is 17.1 Å². The number of nitrogens with zero attached hydrogens (tertiary/aromatic N) is 2. The summed E-state index contributed by atoms with van der Waals surface area (Å²) in [6.07, 6.45) is 24.8. The van der Waals surface area contributed by atoms with Crippen molar-refractivity contribution in [2.45, 2.75) is 104 Å². The number of unbranched alkanes of at least 4 members (excludes halogenated alkanes) is 7. The first-order valence-corrected chi connectivity index (χ1v) is 13.4. The molecule has 2 rings (SSSR count). The molecular formula is C30H46N2O. The van der Waals surface area contributed by atoms with Gasteiger partial charge in [-0.3, -0.25) is 0 Å². The van der Waals surface area contributed by atoms with E-state index in [2.05, 4.69) is 55.0 Å². The first-order chi connectivity index (χ1) is 16.2. The highest BCUT2D eigenvalue weighted by molar-refractivity contribution is 5.55. The van der Waals surface area contributed by atoms with Gasteiger partial charge in [-0.2, -0.15) is 0 Å². The van der Waals surface area contributed by atoms with E-state index in [0.29, 0.717) is 0 Å². The van der Waals surface area contributed by atoms with Gasteiger partial charge in [0.2, 0.25) is 0 Å². The Morgan fingerprint density at radius 1 is 0.818 bits per heavy atom. The van der Waals surface area contributed by atoms with Gasteiger partial charge in [0, 0.05) is 18.0 Å². The molecule has 0 N–H and O–H groups in total. The summed E-state index contributed by atoms with van der Waals surface area (Å²) < 4.78 is 5.90. The topological polar surface area (TPSA) is 35.0 Å². The van der Waals surface area contributed by atoms with E-state index in [1.54, 1.807) is 0 Å². The highest BCUT2D eigenvalue weighted by Crippen LogP contribution is 2.20. The van der Waals surface area contributed by atoms with Crippen molar-refractivity contribution in [2.75, 3.05) is 6.61 Å². The summed E-state index contributed by atoms with van der Waals surface area (Å²) in [4.78, 5) is 9.18. The number of hydrogen-bond donors (Lipinski definition) is 0. The van der Waals surface area contributed by atoms with Crippen LogP contribution in [0, 0.1) is 5.92 Å². The molecule has 3 heteroatoms. The molecule has 0 radical (unpaired) electrons. The molecular weight excluding hydrogens is 404 g/mol. The number of aromatic nitrogens is 2. The van der Waals surface area contributed by atoms with E-state index in [-0.39, 0.29) is 0 Å². The van der Waals surface area contributed by atoms with Gasteiger partial charge in [0.05, 0.1) is 6.61 Å². The molecule has 0 aliphatic heterocycles. The normalized spacial score (nSPS) is 12.3. The molecule has 1 atom stereocenters. The lowest BCUT2D eigenvalue weighted by Crippen LogP contribution is -1.97. The van der Waals surface area contributed by atoms with E-state index in [4.69, 9.17) is 4.74 Å². The molecule has 1 aromatic heterocycles. The largest absolute Gasteiger partial charge is 0.494 e. The van der Waals surface area contributed by atoms with Crippen LogP contribution < -0.4 is 4.74 Å². The van der Waals surface area contributed by atoms with Crippen molar-refractivity contribution >= 4 is 0 Å². The third kappa shape index (κ3) is 12.0. The Morgan fingerprint density at radius 2 is 1.52 bits per heavy atom. The van der Waals surface area contributed by atoms with Crippen LogP contribution in [-0.4, -0.2) is 16.6 Å². The lowest BCUT2D eigenvalue weighted by Gasteiger charge is -2.08. The molecule has 0 aliphatic carbocycles. The quantitative estimate of drug-likeness (QED) is 0.168. The molecule has 0 amide bonds. The van der Waals surface area contributed by atoms with Gasteiger partial charge in [-0.25, -0.2) is 9.97 Å². The van der Waals surface area contributed by atoms with Crippen molar-refractivity contribution in [3.63, 3.8) is 0 Å². The molecule has 2 aromatic rings. The van der Waals surface area contributed by atoms with Crippen LogP contribution in [-0.2, 0) is 6.42 Å². The summed E-state index contributed by atoms with van der Waals surface area (Å²) in [5, 5.41) is 0. The van der Waals surface area contributed by atoms with Crippen molar-refractivity contribution in [1.82, 2.24) is 9.97 Å². The average molecular weight is 451 g/mol. The fraction of sp³-hybridized carbons (Fsp3) is 0.600. The third-order valence-electron chi connectivity index (χ3n) is 6.35. The third-order valence-corrected chi connectivity index (χ3v) is 6.35. The monoisotopic (exact) mass is 450 g/mol. The maximum Gasteiger partial charge on any atom is 0.159 e. The fourth-order valence-corrected chi connectivity index (χ4v) is 3.84. The summed E-state index contributed by atoms with van der Waals surface area (Å²) in [7, 11) is 0. The maximum absolute atomic E-state index is 5.90. The fourth-order valence-electron chi connectivity index (χ4n) is 3.84. The zero-order chi connectivity index (χ0) is 23.6. The molecule has 0 fully saturated rings. The highest BCUT2D eigenvalue weighted by atomic mass is 16.5. The first kappa shape index (κ1) is 27.1. The molecule has 0 aliphatic rings. The van der Waals surface area contributed by atoms with Gasteiger partial charge in [0.15, 0.2) is 5.82 Å². The Balaban J connectivity index is 1.62. The first-order valence-electron chi connectivity index (χ1n) is 13.4. The Hall–Kier alpha value is -2.16. The molecule has 182 valence electrons. The smallest absolute Gasteiger partial charge is 0.159 e. The van der Waals surface area contributed by atoms with Gasteiger partial charge in [-0.15, -0.1) is 0 Å². The van der Waals surface area contributed by atoms with E-state index in [9.17, 15) is 0 Å². The molecule has 1 aromatic carbocycles. The van der Waals surface area contributed by atoms with E-state index >= 15 is 0 Å². The second-order valence-corrected chi connectivity index (χ2v) is 9.36. The molecule has 33 heavy (non-hydrogen) atoms. The number of allylic oxidation sites excluding steroid dienone is 2. The van der Waals surface area contributed by atoms with Gasteiger partial charge >= 0.3 is 0 Å². The van der Waals surface area contributed by atoms with E-state index in [1.165, 1.54) is 69.8 Å². The Kier molecular flexibility index (Phi) is 14.2. The van der Waals surface area contributed by atoms with Crippen molar-refractivity contribution in [3.05, 3.63) is 54.4 Å². The SMILES string of the molecule is CCCCCC=CCCCCOc1ccc(-c2ncc(CCCCC[C@@H](C)CC)cn2)cc1. The lowest BCUT2D eigenvalue weighted by atomic mass is 10.00. The highest BCUT2D eigenvalue weighted by Gasteiger charge is 2.04. The zero-order valence-corrected chi connectivity index (χ0v) is 21.4. The Morgan fingerprint density at radius 3 is 2.18 bits per heavy atom. The van der Waals surface area contributed by atoms with Gasteiger partial charge in [-0.1, -0.05) is 71.4 Å². The standard InChI is InChI=1S/C30H46N2O/c1-4-6-7-8-9-10-11-12-16-23-33-29-21-19-28(20-22-29)30-31-24-27(25-32-30)18-15-13-14-17-26(3)5-2/h9-10,19-22,24-26H,4-8,11-18,23H2,1-3H3/t26-/m0/s1. The maximum atomic E-state index is 5.90. The minimum absolute atomic E-state index is 0.769. The van der Waals surface area contributed by atoms with Gasteiger partial charge in [0.25, 0.3) is 0 Å². The van der Waals surface area contributed by atoms with E-state index in [1.807, 2.05) is 24.5 Å². The number of hydrogen-bond acceptors (Lipinski definition) is 3. The molecule has 0 unspecified atom stereocenters. The summed E-state index contributed by atoms with van der Waals surface area (Å²) >= 11 is 0. The lowest BCUT2D eigenvalue weighted by molar-refractivity contribution is 0.307. The summed E-state index contributed by atoms with van der Waals surface area (Å²) in [6.45, 7) is 7.65. The van der Waals surface area contributed by atoms with Crippen molar-refractivity contribution in [2.24, 2.45) is 5.92 Å². The summed E-state index contributed by atoms with van der Waals surface area (Å²) in [5.74, 6) is 2.56. The summed E-state index contributed by atoms with van der Waals surface area (Å²) in [5.41, 5.74) is 2.27. The van der Waals surface area contributed by atoms with Gasteiger partial charge in [0.1, 0.15) is 5.75 Å².